The van der Waals surface area contributed by atoms with Crippen molar-refractivity contribution in [2.75, 3.05) is 0 Å². The fourth-order valence-electron chi connectivity index (χ4n) is 10.3. The van der Waals surface area contributed by atoms with Crippen LogP contribution < -0.4 is 10.6 Å². The van der Waals surface area contributed by atoms with Gasteiger partial charge in [0.05, 0.1) is 11.0 Å². The van der Waals surface area contributed by atoms with Crippen LogP contribution in [0.5, 0.6) is 0 Å². The Balaban J connectivity index is 1.03. The third-order valence-corrected chi connectivity index (χ3v) is 13.3. The van der Waals surface area contributed by atoms with Crippen LogP contribution in [0.4, 0.5) is 0 Å². The van der Waals surface area contributed by atoms with E-state index in [0.717, 1.165) is 50.6 Å². The number of hydrogen-bond donors (Lipinski definition) is 0. The standard InChI is InChI=1S/C59H45N5/c1-38-18-15-30-52-55(38)50-37-48(39(2)34-54(50)64(52)46-27-13-6-14-28-46)44-24-16-23-42(35-44)43-32-33-51-49(36-43)56-47(29-17-31-53(56)63(51)45-25-11-5-12-26-45)59-61-57(40-19-7-3-8-20-40)60-58(62-59)41-21-9-4-10-22-41/h3-17,19-39,48H,18H2,1-2H3. The lowest BCUT2D eigenvalue weighted by atomic mass is 9.81. The number of nitrogens with zero attached hydrogens (tertiary/aromatic N) is 5. The summed E-state index contributed by atoms with van der Waals surface area (Å²) in [6.07, 6.45) is 10.8. The van der Waals surface area contributed by atoms with Crippen molar-refractivity contribution in [2.45, 2.75) is 32.1 Å². The Morgan fingerprint density at radius 3 is 1.78 bits per heavy atom. The predicted molar refractivity (Wildman–Crippen MR) is 264 cm³/mol. The minimum absolute atomic E-state index is 0.234. The van der Waals surface area contributed by atoms with Gasteiger partial charge in [-0.05, 0) is 89.1 Å². The molecule has 5 nitrogen and oxygen atoms in total. The molecule has 0 aliphatic heterocycles. The van der Waals surface area contributed by atoms with Crippen LogP contribution in [0.25, 0.3) is 96.7 Å². The second-order valence-electron chi connectivity index (χ2n) is 17.3. The van der Waals surface area contributed by atoms with Crippen LogP contribution in [0.3, 0.4) is 0 Å². The minimum atomic E-state index is 0.234. The van der Waals surface area contributed by atoms with Gasteiger partial charge in [-0.25, -0.2) is 15.0 Å². The van der Waals surface area contributed by atoms with Gasteiger partial charge < -0.3 is 9.13 Å². The number of aromatic nitrogens is 5. The first-order valence-corrected chi connectivity index (χ1v) is 22.4. The molecule has 7 aromatic carbocycles. The summed E-state index contributed by atoms with van der Waals surface area (Å²) in [6, 6.07) is 64.6. The maximum Gasteiger partial charge on any atom is 0.164 e. The zero-order chi connectivity index (χ0) is 42.7. The molecule has 2 aliphatic rings. The fraction of sp³-hybridized carbons (Fsp3) is 0.102. The smallest absolute Gasteiger partial charge is 0.164 e. The summed E-state index contributed by atoms with van der Waals surface area (Å²) in [5.41, 5.74) is 13.9. The molecule has 0 spiro atoms. The molecule has 0 N–H and O–H groups in total. The van der Waals surface area contributed by atoms with E-state index in [1.807, 2.05) is 36.4 Å². The highest BCUT2D eigenvalue weighted by Gasteiger charge is 2.27. The Bertz CT molecular complexity index is 3490. The third kappa shape index (κ3) is 6.34. The van der Waals surface area contributed by atoms with Crippen LogP contribution in [-0.2, 0) is 0 Å². The van der Waals surface area contributed by atoms with Crippen molar-refractivity contribution in [2.24, 2.45) is 5.92 Å². The summed E-state index contributed by atoms with van der Waals surface area (Å²) in [5, 5.41) is 4.95. The Hall–Kier alpha value is -7.89. The largest absolute Gasteiger partial charge is 0.310 e. The van der Waals surface area contributed by atoms with E-state index in [1.165, 1.54) is 44.2 Å². The van der Waals surface area contributed by atoms with Gasteiger partial charge in [0.1, 0.15) is 0 Å². The van der Waals surface area contributed by atoms with Gasteiger partial charge in [-0.3, -0.25) is 0 Å². The summed E-state index contributed by atoms with van der Waals surface area (Å²) >= 11 is 0. The molecule has 2 aliphatic carbocycles. The summed E-state index contributed by atoms with van der Waals surface area (Å²) in [4.78, 5) is 15.4. The van der Waals surface area contributed by atoms with Crippen LogP contribution in [0.15, 0.2) is 188 Å². The molecule has 64 heavy (non-hydrogen) atoms. The molecule has 5 heteroatoms. The number of allylic oxidation sites excluding steroid dienone is 1. The van der Waals surface area contributed by atoms with Gasteiger partial charge in [0.15, 0.2) is 17.5 Å². The summed E-state index contributed by atoms with van der Waals surface area (Å²) < 4.78 is 4.85. The molecule has 0 bridgehead atoms. The summed E-state index contributed by atoms with van der Waals surface area (Å²) in [6.45, 7) is 4.75. The van der Waals surface area contributed by atoms with Crippen LogP contribution in [0.2, 0.25) is 0 Å². The monoisotopic (exact) mass is 823 g/mol. The highest BCUT2D eigenvalue weighted by Crippen LogP contribution is 2.41. The summed E-state index contributed by atoms with van der Waals surface area (Å²) in [5.74, 6) is 2.92. The van der Waals surface area contributed by atoms with Crippen LogP contribution in [-0.4, -0.2) is 24.1 Å². The van der Waals surface area contributed by atoms with Crippen molar-refractivity contribution in [3.05, 3.63) is 215 Å². The molecule has 306 valence electrons. The number of para-hydroxylation sites is 2. The van der Waals surface area contributed by atoms with Gasteiger partial charge in [0.25, 0.3) is 0 Å². The van der Waals surface area contributed by atoms with Crippen molar-refractivity contribution < 1.29 is 0 Å². The Kier molecular flexibility index (Phi) is 9.15. The van der Waals surface area contributed by atoms with E-state index >= 15 is 0 Å². The van der Waals surface area contributed by atoms with Crippen molar-refractivity contribution in [1.82, 2.24) is 24.1 Å². The number of rotatable bonds is 7. The van der Waals surface area contributed by atoms with E-state index in [2.05, 4.69) is 193 Å². The van der Waals surface area contributed by atoms with Crippen LogP contribution in [0, 0.1) is 5.92 Å². The molecule has 10 aromatic rings. The van der Waals surface area contributed by atoms with Crippen LogP contribution >= 0.6 is 0 Å². The van der Waals surface area contributed by atoms with E-state index in [9.17, 15) is 0 Å². The average molecular weight is 824 g/mol. The molecule has 0 amide bonds. The first-order chi connectivity index (χ1) is 31.6. The lowest BCUT2D eigenvalue weighted by Gasteiger charge is -2.23. The SMILES string of the molecule is CC1CC=Cc2c1c1c(n2-c2ccccc2)=CC(C)C(c2cccc(-c3ccc4c(c3)c3c(-c5nc(-c6ccccc6)nc(-c6ccccc6)n5)cccc3n4-c3ccccc3)c2)C=1. The zero-order valence-corrected chi connectivity index (χ0v) is 35.8. The number of hydrogen-bond acceptors (Lipinski definition) is 3. The highest BCUT2D eigenvalue weighted by atomic mass is 15.0. The first kappa shape index (κ1) is 37.8. The molecule has 3 heterocycles. The first-order valence-electron chi connectivity index (χ1n) is 22.4. The lowest BCUT2D eigenvalue weighted by molar-refractivity contribution is 0.687. The van der Waals surface area contributed by atoms with Crippen molar-refractivity contribution >= 4 is 40.0 Å². The van der Waals surface area contributed by atoms with Gasteiger partial charge in [0, 0.05) is 61.0 Å². The van der Waals surface area contributed by atoms with E-state index in [0.29, 0.717) is 29.3 Å². The van der Waals surface area contributed by atoms with E-state index < -0.39 is 0 Å². The molecule has 12 rings (SSSR count). The molecular weight excluding hydrogens is 779 g/mol. The fourth-order valence-corrected chi connectivity index (χ4v) is 10.3. The Morgan fingerprint density at radius 1 is 0.500 bits per heavy atom. The van der Waals surface area contributed by atoms with E-state index in [-0.39, 0.29) is 5.92 Å². The Morgan fingerprint density at radius 2 is 1.09 bits per heavy atom. The van der Waals surface area contributed by atoms with E-state index in [1.54, 1.807) is 0 Å². The molecule has 0 radical (unpaired) electrons. The minimum Gasteiger partial charge on any atom is -0.310 e. The van der Waals surface area contributed by atoms with E-state index in [4.69, 9.17) is 15.0 Å². The van der Waals surface area contributed by atoms with Crippen molar-refractivity contribution in [1.29, 1.82) is 0 Å². The second-order valence-corrected chi connectivity index (χ2v) is 17.3. The van der Waals surface area contributed by atoms with Gasteiger partial charge in [0.2, 0.25) is 0 Å². The molecule has 0 saturated heterocycles. The molecule has 0 fully saturated rings. The van der Waals surface area contributed by atoms with Crippen LogP contribution in [0.1, 0.15) is 48.9 Å². The molecule has 3 atom stereocenters. The van der Waals surface area contributed by atoms with Crippen molar-refractivity contribution in [3.63, 3.8) is 0 Å². The van der Waals surface area contributed by atoms with Gasteiger partial charge in [-0.1, -0.05) is 172 Å². The molecule has 3 aromatic heterocycles. The summed E-state index contributed by atoms with van der Waals surface area (Å²) in [7, 11) is 0. The molecular formula is C59H45N5. The molecule has 0 saturated carbocycles. The predicted octanol–water partition coefficient (Wildman–Crippen LogP) is 12.9. The van der Waals surface area contributed by atoms with Gasteiger partial charge in [-0.2, -0.15) is 0 Å². The maximum atomic E-state index is 5.21. The average Bonchev–Trinajstić information content (AvgIpc) is 3.87. The number of benzene rings is 7. The maximum absolute atomic E-state index is 5.21. The highest BCUT2D eigenvalue weighted by molar-refractivity contribution is 6.16. The Labute approximate surface area is 372 Å². The third-order valence-electron chi connectivity index (χ3n) is 13.3. The second kappa shape index (κ2) is 15.5. The lowest BCUT2D eigenvalue weighted by Crippen LogP contribution is -2.35. The van der Waals surface area contributed by atoms with Gasteiger partial charge >= 0.3 is 0 Å². The zero-order valence-electron chi connectivity index (χ0n) is 35.8. The normalized spacial score (nSPS) is 16.6. The quantitative estimate of drug-likeness (QED) is 0.161. The van der Waals surface area contributed by atoms with Crippen molar-refractivity contribution in [3.8, 4) is 56.7 Å². The van der Waals surface area contributed by atoms with Gasteiger partial charge in [-0.15, -0.1) is 0 Å². The number of fused-ring (bicyclic) bond motifs is 6. The molecule has 3 unspecified atom stereocenters. The topological polar surface area (TPSA) is 48.5 Å².